The Hall–Kier alpha value is -1.96. The summed E-state index contributed by atoms with van der Waals surface area (Å²) in [5.41, 5.74) is 6.84. The van der Waals surface area contributed by atoms with Gasteiger partial charge in [-0.25, -0.2) is 0 Å². The van der Waals surface area contributed by atoms with Crippen molar-refractivity contribution in [1.29, 1.82) is 0 Å². The van der Waals surface area contributed by atoms with Gasteiger partial charge in [0, 0.05) is 18.5 Å². The normalized spacial score (nSPS) is 18.5. The Balaban J connectivity index is 1.84. The van der Waals surface area contributed by atoms with Crippen LogP contribution in [0.3, 0.4) is 0 Å². The highest BCUT2D eigenvalue weighted by molar-refractivity contribution is 5.78. The molecule has 0 radical (unpaired) electrons. The number of rotatable bonds is 5. The fourth-order valence-corrected chi connectivity index (χ4v) is 2.44. The molecular weight excluding hydrogens is 309 g/mol. The van der Waals surface area contributed by atoms with Crippen LogP contribution in [-0.2, 0) is 0 Å². The molecule has 0 saturated heterocycles. The molecule has 5 nitrogen and oxygen atoms in total. The summed E-state index contributed by atoms with van der Waals surface area (Å²) >= 11 is 0. The average molecular weight is 330 g/mol. The van der Waals surface area contributed by atoms with E-state index in [0.29, 0.717) is 6.61 Å². The van der Waals surface area contributed by atoms with E-state index in [9.17, 15) is 13.2 Å². The summed E-state index contributed by atoms with van der Waals surface area (Å²) < 4.78 is 42.2. The zero-order chi connectivity index (χ0) is 16.9. The summed E-state index contributed by atoms with van der Waals surface area (Å²) in [6.45, 7) is 0.0159. The Bertz CT molecular complexity index is 548. The Morgan fingerprint density at radius 1 is 1.43 bits per heavy atom. The molecule has 1 aliphatic heterocycles. The highest BCUT2D eigenvalue weighted by Gasteiger charge is 2.28. The van der Waals surface area contributed by atoms with E-state index < -0.39 is 12.7 Å². The number of hydrogen-bond acceptors (Lipinski definition) is 3. The van der Waals surface area contributed by atoms with Gasteiger partial charge in [0.25, 0.3) is 0 Å². The lowest BCUT2D eigenvalue weighted by molar-refractivity contribution is -0.142. The molecule has 0 bridgehead atoms. The molecule has 2 rings (SSSR count). The number of aliphatic imine (C=N–C) groups is 1. The molecule has 23 heavy (non-hydrogen) atoms. The number of nitrogens with zero attached hydrogens (tertiary/aromatic N) is 2. The van der Waals surface area contributed by atoms with Crippen LogP contribution in [0.25, 0.3) is 0 Å². The summed E-state index contributed by atoms with van der Waals surface area (Å²) in [4.78, 5) is 5.26. The molecular formula is C15H21F3N4O. The number of ether oxygens (including phenoxy) is 1. The zero-order valence-electron chi connectivity index (χ0n) is 12.9. The van der Waals surface area contributed by atoms with Crippen LogP contribution >= 0.6 is 0 Å². The van der Waals surface area contributed by atoms with Crippen molar-refractivity contribution in [1.82, 2.24) is 10.2 Å². The molecule has 0 aromatic heterocycles. The van der Waals surface area contributed by atoms with Crippen molar-refractivity contribution in [3.63, 3.8) is 0 Å². The third-order valence-electron chi connectivity index (χ3n) is 3.49. The highest BCUT2D eigenvalue weighted by atomic mass is 19.4. The number of benzene rings is 1. The molecule has 8 heteroatoms. The summed E-state index contributed by atoms with van der Waals surface area (Å²) in [6, 6.07) is 7.66. The van der Waals surface area contributed by atoms with E-state index in [1.54, 1.807) is 0 Å². The van der Waals surface area contributed by atoms with Crippen LogP contribution in [0.15, 0.2) is 29.3 Å². The molecule has 3 N–H and O–H groups in total. The SMILES string of the molecule is CN(CCN=C(N)NC1CCOc2ccccc21)CC(F)(F)F. The molecule has 1 aliphatic rings. The number of nitrogens with two attached hydrogens (primary N) is 1. The lowest BCUT2D eigenvalue weighted by Crippen LogP contribution is -2.38. The van der Waals surface area contributed by atoms with E-state index in [1.807, 2.05) is 24.3 Å². The minimum absolute atomic E-state index is 0.00314. The van der Waals surface area contributed by atoms with Crippen LogP contribution in [0.1, 0.15) is 18.0 Å². The maximum absolute atomic E-state index is 12.2. The summed E-state index contributed by atoms with van der Waals surface area (Å²) in [5.74, 6) is 1.04. The molecule has 128 valence electrons. The number of hydrogen-bond donors (Lipinski definition) is 2. The van der Waals surface area contributed by atoms with Crippen molar-refractivity contribution >= 4 is 5.96 Å². The first-order valence-corrected chi connectivity index (χ1v) is 7.38. The number of guanidine groups is 1. The minimum Gasteiger partial charge on any atom is -0.493 e. The first-order chi connectivity index (χ1) is 10.8. The number of halogens is 3. The maximum atomic E-state index is 12.2. The van der Waals surface area contributed by atoms with E-state index in [1.165, 1.54) is 11.9 Å². The molecule has 0 saturated carbocycles. The van der Waals surface area contributed by atoms with Gasteiger partial charge in [-0.05, 0) is 13.1 Å². The zero-order valence-corrected chi connectivity index (χ0v) is 12.9. The Morgan fingerprint density at radius 2 is 2.17 bits per heavy atom. The van der Waals surface area contributed by atoms with Gasteiger partial charge >= 0.3 is 6.18 Å². The second kappa shape index (κ2) is 7.54. The van der Waals surface area contributed by atoms with Crippen molar-refractivity contribution in [2.75, 3.05) is 33.3 Å². The molecule has 1 aromatic carbocycles. The maximum Gasteiger partial charge on any atom is 0.401 e. The molecule has 1 heterocycles. The predicted octanol–water partition coefficient (Wildman–Crippen LogP) is 1.91. The van der Waals surface area contributed by atoms with Gasteiger partial charge in [-0.15, -0.1) is 0 Å². The fraction of sp³-hybridized carbons (Fsp3) is 0.533. The third-order valence-corrected chi connectivity index (χ3v) is 3.49. The lowest BCUT2D eigenvalue weighted by Gasteiger charge is -2.27. The number of alkyl halides is 3. The second-order valence-electron chi connectivity index (χ2n) is 5.49. The molecule has 0 amide bonds. The van der Waals surface area contributed by atoms with Gasteiger partial charge < -0.3 is 15.8 Å². The number of fused-ring (bicyclic) bond motifs is 1. The Morgan fingerprint density at radius 3 is 2.91 bits per heavy atom. The van der Waals surface area contributed by atoms with Gasteiger partial charge in [0.15, 0.2) is 5.96 Å². The van der Waals surface area contributed by atoms with Crippen LogP contribution in [0, 0.1) is 0 Å². The van der Waals surface area contributed by atoms with Gasteiger partial charge in [-0.2, -0.15) is 13.2 Å². The first kappa shape index (κ1) is 17.4. The van der Waals surface area contributed by atoms with Gasteiger partial charge in [0.2, 0.25) is 0 Å². The van der Waals surface area contributed by atoms with Gasteiger partial charge in [0.05, 0.1) is 25.7 Å². The predicted molar refractivity (Wildman–Crippen MR) is 82.5 cm³/mol. The quantitative estimate of drug-likeness (QED) is 0.639. The third kappa shape index (κ3) is 5.63. The molecule has 0 spiro atoms. The summed E-state index contributed by atoms with van der Waals surface area (Å²) in [5, 5.41) is 3.10. The molecule has 1 atom stereocenters. The van der Waals surface area contributed by atoms with Crippen molar-refractivity contribution in [2.24, 2.45) is 10.7 Å². The van der Waals surface area contributed by atoms with Crippen molar-refractivity contribution in [2.45, 2.75) is 18.6 Å². The smallest absolute Gasteiger partial charge is 0.401 e. The summed E-state index contributed by atoms with van der Waals surface area (Å²) in [6.07, 6.45) is -3.45. The number of para-hydroxylation sites is 1. The Kier molecular flexibility index (Phi) is 5.70. The summed E-state index contributed by atoms with van der Waals surface area (Å²) in [7, 11) is 1.40. The monoisotopic (exact) mass is 330 g/mol. The average Bonchev–Trinajstić information content (AvgIpc) is 2.45. The van der Waals surface area contributed by atoms with E-state index in [-0.39, 0.29) is 25.1 Å². The second-order valence-corrected chi connectivity index (χ2v) is 5.49. The highest BCUT2D eigenvalue weighted by Crippen LogP contribution is 2.31. The van der Waals surface area contributed by atoms with Crippen LogP contribution in [0.2, 0.25) is 0 Å². The van der Waals surface area contributed by atoms with Crippen molar-refractivity contribution in [3.8, 4) is 5.75 Å². The fourth-order valence-electron chi connectivity index (χ4n) is 2.44. The number of likely N-dealkylation sites (N-methyl/N-ethyl adjacent to an activating group) is 1. The van der Waals surface area contributed by atoms with Gasteiger partial charge in [0.1, 0.15) is 5.75 Å². The van der Waals surface area contributed by atoms with Crippen LogP contribution in [-0.4, -0.2) is 50.3 Å². The molecule has 0 aliphatic carbocycles. The van der Waals surface area contributed by atoms with Crippen molar-refractivity contribution < 1.29 is 17.9 Å². The van der Waals surface area contributed by atoms with Crippen LogP contribution in [0.5, 0.6) is 5.75 Å². The van der Waals surface area contributed by atoms with Crippen LogP contribution < -0.4 is 15.8 Å². The topological polar surface area (TPSA) is 62.9 Å². The molecule has 1 aromatic rings. The van der Waals surface area contributed by atoms with E-state index in [0.717, 1.165) is 17.7 Å². The van der Waals surface area contributed by atoms with Crippen molar-refractivity contribution in [3.05, 3.63) is 29.8 Å². The largest absolute Gasteiger partial charge is 0.493 e. The molecule has 0 fully saturated rings. The lowest BCUT2D eigenvalue weighted by atomic mass is 10.0. The van der Waals surface area contributed by atoms with Crippen LogP contribution in [0.4, 0.5) is 13.2 Å². The molecule has 1 unspecified atom stereocenters. The number of nitrogens with one attached hydrogen (secondary N) is 1. The van der Waals surface area contributed by atoms with E-state index in [4.69, 9.17) is 10.5 Å². The van der Waals surface area contributed by atoms with E-state index >= 15 is 0 Å². The first-order valence-electron chi connectivity index (χ1n) is 7.38. The minimum atomic E-state index is -4.20. The van der Waals surface area contributed by atoms with E-state index in [2.05, 4.69) is 10.3 Å². The van der Waals surface area contributed by atoms with Gasteiger partial charge in [-0.3, -0.25) is 9.89 Å². The van der Waals surface area contributed by atoms with Gasteiger partial charge in [-0.1, -0.05) is 18.2 Å². The Labute approximate surface area is 133 Å². The standard InChI is InChI=1S/C15H21F3N4O/c1-22(10-15(16,17)18)8-7-20-14(19)21-12-6-9-23-13-5-3-2-4-11(12)13/h2-5,12H,6-10H2,1H3,(H3,19,20,21).